The number of ether oxygens (including phenoxy) is 8. The number of Topliss-reactive ketones (excluding diaryl/α,β-unsaturated/α-hetero) is 1. The summed E-state index contributed by atoms with van der Waals surface area (Å²) in [5.74, 6) is -2.70. The first-order valence-electron chi connectivity index (χ1n) is 23.6. The molecule has 0 aromatic carbocycles. The van der Waals surface area contributed by atoms with E-state index in [9.17, 15) is 19.8 Å². The molecule has 6 heterocycles. The van der Waals surface area contributed by atoms with E-state index >= 15 is 0 Å². The van der Waals surface area contributed by atoms with Crippen LogP contribution in [0.3, 0.4) is 0 Å². The highest BCUT2D eigenvalue weighted by Crippen LogP contribution is 2.48. The fourth-order valence-electron chi connectivity index (χ4n) is 12.5. The molecule has 12 heteroatoms. The van der Waals surface area contributed by atoms with Gasteiger partial charge in [-0.25, -0.2) is 0 Å². The minimum atomic E-state index is -1.91. The molecule has 344 valence electrons. The number of carbonyl (C=O) groups excluding carboxylic acids is 2. The number of aliphatic hydroxyl groups excluding tert-OH is 1. The van der Waals surface area contributed by atoms with Gasteiger partial charge in [0.25, 0.3) is 0 Å². The molecule has 1 spiro atoms. The first kappa shape index (κ1) is 46.0. The molecular weight excluding hydrogens is 793 g/mol. The molecule has 0 amide bonds. The Morgan fingerprint density at radius 1 is 0.839 bits per heavy atom. The number of rotatable bonds is 5. The van der Waals surface area contributed by atoms with Gasteiger partial charge in [-0.05, 0) is 76.0 Å². The van der Waals surface area contributed by atoms with Gasteiger partial charge in [0.15, 0.2) is 17.7 Å². The predicted octanol–water partition coefficient (Wildman–Crippen LogP) is 6.67. The van der Waals surface area contributed by atoms with Crippen molar-refractivity contribution < 1.29 is 57.7 Å². The van der Waals surface area contributed by atoms with Crippen LogP contribution in [0.5, 0.6) is 0 Å². The molecular formula is C50H72O12. The lowest BCUT2D eigenvalue weighted by Gasteiger charge is -2.49. The summed E-state index contributed by atoms with van der Waals surface area (Å²) in [6, 6.07) is 0. The van der Waals surface area contributed by atoms with Gasteiger partial charge in [-0.1, -0.05) is 75.1 Å². The quantitative estimate of drug-likeness (QED) is 0.225. The predicted molar refractivity (Wildman–Crippen MR) is 231 cm³/mol. The number of hydrogen-bond acceptors (Lipinski definition) is 12. The Morgan fingerprint density at radius 3 is 2.31 bits per heavy atom. The van der Waals surface area contributed by atoms with Crippen LogP contribution < -0.4 is 0 Å². The molecule has 18 atom stereocenters. The zero-order chi connectivity index (χ0) is 44.1. The normalized spacial score (nSPS) is 49.2. The van der Waals surface area contributed by atoms with Crippen molar-refractivity contribution in [1.82, 2.24) is 0 Å². The van der Waals surface area contributed by atoms with E-state index in [-0.39, 0.29) is 84.9 Å². The van der Waals surface area contributed by atoms with Gasteiger partial charge in [0.2, 0.25) is 0 Å². The van der Waals surface area contributed by atoms with Crippen LogP contribution in [0.4, 0.5) is 0 Å². The van der Waals surface area contributed by atoms with Crippen molar-refractivity contribution >= 4 is 11.8 Å². The molecule has 0 aromatic heterocycles. The van der Waals surface area contributed by atoms with E-state index in [0.29, 0.717) is 49.2 Å². The smallest absolute Gasteiger partial charge is 0.316 e. The summed E-state index contributed by atoms with van der Waals surface area (Å²) in [6.07, 6.45) is 17.8. The average molecular weight is 865 g/mol. The Labute approximate surface area is 368 Å². The van der Waals surface area contributed by atoms with Crippen LogP contribution in [-0.2, 0) is 47.5 Å². The molecule has 0 radical (unpaired) electrons. The zero-order valence-corrected chi connectivity index (χ0v) is 38.1. The highest BCUT2D eigenvalue weighted by molar-refractivity contribution is 6.03. The van der Waals surface area contributed by atoms with Crippen molar-refractivity contribution in [3.63, 3.8) is 0 Å². The monoisotopic (exact) mass is 865 g/mol. The van der Waals surface area contributed by atoms with Gasteiger partial charge in [-0.2, -0.15) is 0 Å². The van der Waals surface area contributed by atoms with Crippen molar-refractivity contribution in [2.24, 2.45) is 35.5 Å². The van der Waals surface area contributed by atoms with E-state index in [1.807, 2.05) is 19.1 Å². The Kier molecular flexibility index (Phi) is 13.9. The summed E-state index contributed by atoms with van der Waals surface area (Å²) >= 11 is 0. The molecule has 4 saturated heterocycles. The molecule has 5 fully saturated rings. The third-order valence-corrected chi connectivity index (χ3v) is 15.9. The van der Waals surface area contributed by atoms with Crippen LogP contribution in [0.2, 0.25) is 0 Å². The third-order valence-electron chi connectivity index (χ3n) is 15.9. The zero-order valence-electron chi connectivity index (χ0n) is 38.1. The molecule has 12 nitrogen and oxygen atoms in total. The lowest BCUT2D eigenvalue weighted by Crippen LogP contribution is -2.57. The van der Waals surface area contributed by atoms with Crippen molar-refractivity contribution in [1.29, 1.82) is 0 Å². The van der Waals surface area contributed by atoms with Crippen molar-refractivity contribution in [3.8, 4) is 0 Å². The summed E-state index contributed by atoms with van der Waals surface area (Å²) in [5, 5.41) is 23.3. The molecule has 1 saturated carbocycles. The molecule has 8 rings (SSSR count). The molecule has 6 aliphatic heterocycles. The lowest BCUT2D eigenvalue weighted by atomic mass is 9.71. The third kappa shape index (κ3) is 8.78. The van der Waals surface area contributed by atoms with Crippen LogP contribution >= 0.6 is 0 Å². The summed E-state index contributed by atoms with van der Waals surface area (Å²) in [6.45, 7) is 12.2. The molecule has 0 aromatic rings. The largest absolute Gasteiger partial charge is 0.462 e. The van der Waals surface area contributed by atoms with Gasteiger partial charge in [0, 0.05) is 57.7 Å². The van der Waals surface area contributed by atoms with E-state index in [1.165, 1.54) is 19.3 Å². The maximum Gasteiger partial charge on any atom is 0.316 e. The van der Waals surface area contributed by atoms with Crippen LogP contribution in [-0.4, -0.2) is 121 Å². The van der Waals surface area contributed by atoms with E-state index < -0.39 is 41.6 Å². The van der Waals surface area contributed by atoms with Crippen LogP contribution in [0.25, 0.3) is 0 Å². The first-order valence-corrected chi connectivity index (χ1v) is 23.6. The number of carbonyl (C=O) groups is 2. The van der Waals surface area contributed by atoms with Gasteiger partial charge in [-0.3, -0.25) is 9.59 Å². The Bertz CT molecular complexity index is 1800. The molecule has 2 unspecified atom stereocenters. The Hall–Kier alpha value is -2.52. The maximum atomic E-state index is 14.4. The highest BCUT2D eigenvalue weighted by Gasteiger charge is 2.60. The summed E-state index contributed by atoms with van der Waals surface area (Å²) in [7, 11) is 3.38. The fourth-order valence-corrected chi connectivity index (χ4v) is 12.5. The summed E-state index contributed by atoms with van der Waals surface area (Å²) in [5.41, 5.74) is 0.0613. The van der Waals surface area contributed by atoms with Crippen molar-refractivity contribution in [2.75, 3.05) is 20.8 Å². The SMILES string of the molecule is CO[C@H]1CC([C@@H]2/C(C)=C/C[C@@H]3C[C@@H](C[C@]4(C=C[C@H](C)[C@@H](C5CCCCC5)O4)O3)OC(=O)[C@@H]3C=C(C)C(=O)[C@H]4OC/C(=C\C=C\[C@@H]2C)[C@]43O)O[C@@H](C)C1[C@H]1C[C@H](OC)[C@@H](O)[C@H](C)O1. The van der Waals surface area contributed by atoms with Crippen LogP contribution in [0.15, 0.2) is 59.3 Å². The first-order chi connectivity index (χ1) is 29.7. The van der Waals surface area contributed by atoms with E-state index in [2.05, 4.69) is 45.9 Å². The maximum absolute atomic E-state index is 14.4. The molecule has 62 heavy (non-hydrogen) atoms. The number of methoxy groups -OCH3 is 2. The minimum absolute atomic E-state index is 0.00365. The van der Waals surface area contributed by atoms with Gasteiger partial charge >= 0.3 is 5.97 Å². The van der Waals surface area contributed by atoms with Gasteiger partial charge < -0.3 is 48.1 Å². The Balaban J connectivity index is 1.14. The second-order valence-corrected chi connectivity index (χ2v) is 19.9. The molecule has 2 N–H and O–H groups in total. The topological polar surface area (TPSA) is 148 Å². The number of fused-ring (bicyclic) bond motifs is 2. The average Bonchev–Trinajstić information content (AvgIpc) is 3.59. The van der Waals surface area contributed by atoms with E-state index in [4.69, 9.17) is 37.9 Å². The van der Waals surface area contributed by atoms with Crippen molar-refractivity contribution in [3.05, 3.63) is 59.3 Å². The number of allylic oxidation sites excluding steroid dienone is 3. The van der Waals surface area contributed by atoms with Gasteiger partial charge in [0.1, 0.15) is 23.7 Å². The lowest BCUT2D eigenvalue weighted by molar-refractivity contribution is -0.301. The van der Waals surface area contributed by atoms with Crippen LogP contribution in [0.1, 0.15) is 106 Å². The Morgan fingerprint density at radius 2 is 1.56 bits per heavy atom. The number of ketones is 1. The summed E-state index contributed by atoms with van der Waals surface area (Å²) < 4.78 is 52.0. The number of esters is 1. The standard InChI is InChI=1S/C50H72O12/c1-27-13-12-16-34-26-57-47-44(51)30(4)21-37(50(34,47)54)48(53)60-36-22-35(61-49(25-36)20-19-29(3)46(62-49)33-14-10-9-11-15-33)18-17-28(2)42(27)39-23-38(55-7)43(31(5)58-39)40-24-41(56-8)45(52)32(6)59-40/h12-13,16-17,19-21,27,29,31-33,35-43,45-47,52,54H,9-11,14-15,18,22-26H2,1-8H3/b13-12+,28-17+,34-16+/t27-,29-,31-,32-,35+,36-,37-,38-,39?,40+,41-,42-,43?,45-,46-,47+,49+,50+/m0/s1. The number of aliphatic hydroxyl groups is 2. The van der Waals surface area contributed by atoms with E-state index in [0.717, 1.165) is 18.4 Å². The second kappa shape index (κ2) is 18.8. The van der Waals surface area contributed by atoms with Gasteiger partial charge in [0.05, 0.1) is 55.4 Å². The molecule has 8 aliphatic rings. The van der Waals surface area contributed by atoms with Crippen molar-refractivity contribution in [2.45, 2.75) is 184 Å². The molecule has 2 bridgehead atoms. The second-order valence-electron chi connectivity index (χ2n) is 19.9. The van der Waals surface area contributed by atoms with Crippen LogP contribution in [0, 0.1) is 35.5 Å². The fraction of sp³-hybridized carbons (Fsp3) is 0.760. The van der Waals surface area contributed by atoms with E-state index in [1.54, 1.807) is 33.3 Å². The minimum Gasteiger partial charge on any atom is -0.462 e. The van der Waals surface area contributed by atoms with Gasteiger partial charge in [-0.15, -0.1) is 0 Å². The summed E-state index contributed by atoms with van der Waals surface area (Å²) in [4.78, 5) is 27.9. The highest BCUT2D eigenvalue weighted by atomic mass is 16.7. The number of hydrogen-bond donors (Lipinski definition) is 2. The molecule has 2 aliphatic carbocycles.